The third-order valence-electron chi connectivity index (χ3n) is 3.72. The lowest BCUT2D eigenvalue weighted by atomic mass is 9.99. The molecule has 1 fully saturated rings. The Hall–Kier alpha value is -2.35. The molecule has 0 aliphatic carbocycles. The number of aromatic nitrogens is 2. The van der Waals surface area contributed by atoms with Gasteiger partial charge in [-0.15, -0.1) is 0 Å². The van der Waals surface area contributed by atoms with Gasteiger partial charge in [-0.25, -0.2) is 17.9 Å². The van der Waals surface area contributed by atoms with Crippen LogP contribution in [0, 0.1) is 5.92 Å². The van der Waals surface area contributed by atoms with Gasteiger partial charge < -0.3 is 9.47 Å². The highest BCUT2D eigenvalue weighted by Crippen LogP contribution is 2.35. The molecule has 2 atom stereocenters. The number of piperidine rings is 1. The first kappa shape index (κ1) is 21.0. The van der Waals surface area contributed by atoms with Crippen molar-refractivity contribution in [2.75, 3.05) is 26.1 Å². The van der Waals surface area contributed by atoms with Crippen molar-refractivity contribution in [1.29, 1.82) is 0 Å². The van der Waals surface area contributed by atoms with Gasteiger partial charge in [0.15, 0.2) is 0 Å². The minimum absolute atomic E-state index is 0.0195. The number of urea groups is 1. The van der Waals surface area contributed by atoms with Crippen molar-refractivity contribution < 1.29 is 35.9 Å². The molecule has 14 heteroatoms. The van der Waals surface area contributed by atoms with Crippen LogP contribution in [0.5, 0.6) is 11.8 Å². The fourth-order valence-corrected chi connectivity index (χ4v) is 4.01. The summed E-state index contributed by atoms with van der Waals surface area (Å²) in [6.45, 7) is 0.0793. The van der Waals surface area contributed by atoms with Gasteiger partial charge in [0.2, 0.25) is 17.7 Å². The number of ether oxygens (including phenoxy) is 2. The number of halogens is 3. The van der Waals surface area contributed by atoms with Crippen LogP contribution in [0.1, 0.15) is 12.8 Å². The zero-order valence-electron chi connectivity index (χ0n) is 14.3. The third kappa shape index (κ3) is 5.32. The summed E-state index contributed by atoms with van der Waals surface area (Å²) in [7, 11) is -2.09. The minimum atomic E-state index is -4.73. The number of rotatable bonds is 5. The number of hydrogen-bond donors (Lipinski definition) is 3. The van der Waals surface area contributed by atoms with Crippen LogP contribution >= 0.6 is 0 Å². The molecule has 10 nitrogen and oxygen atoms in total. The Labute approximate surface area is 152 Å². The Kier molecular flexibility index (Phi) is 6.30. The van der Waals surface area contributed by atoms with Crippen LogP contribution in [0.4, 0.5) is 23.9 Å². The first-order chi connectivity index (χ1) is 12.6. The van der Waals surface area contributed by atoms with E-state index in [9.17, 15) is 26.4 Å². The van der Waals surface area contributed by atoms with Crippen molar-refractivity contribution in [3.63, 3.8) is 0 Å². The number of carbonyl (C=O) groups excluding carboxylic acids is 1. The number of nitrogens with zero attached hydrogens (tertiary/aromatic N) is 2. The summed E-state index contributed by atoms with van der Waals surface area (Å²) in [4.78, 5) is 19.5. The van der Waals surface area contributed by atoms with Gasteiger partial charge in [-0.05, 0) is 19.4 Å². The Morgan fingerprint density at radius 3 is 2.37 bits per heavy atom. The van der Waals surface area contributed by atoms with Gasteiger partial charge in [0, 0.05) is 0 Å². The molecule has 2 rings (SSSR count). The lowest BCUT2D eigenvalue weighted by Gasteiger charge is -2.33. The van der Waals surface area contributed by atoms with Gasteiger partial charge in [0.25, 0.3) is 10.0 Å². The van der Waals surface area contributed by atoms with Gasteiger partial charge in [0.05, 0.1) is 26.2 Å². The van der Waals surface area contributed by atoms with E-state index in [1.54, 1.807) is 4.72 Å². The van der Waals surface area contributed by atoms with Gasteiger partial charge >= 0.3 is 12.2 Å². The zero-order chi connectivity index (χ0) is 20.2. The molecular weight excluding hydrogens is 395 g/mol. The molecule has 1 saturated heterocycles. The average Bonchev–Trinajstić information content (AvgIpc) is 2.60. The van der Waals surface area contributed by atoms with Crippen LogP contribution in [-0.2, 0) is 10.0 Å². The maximum Gasteiger partial charge on any atom is 0.394 e. The fraction of sp³-hybridized carbons (Fsp3) is 0.615. The van der Waals surface area contributed by atoms with E-state index in [2.05, 4.69) is 15.3 Å². The molecule has 2 heterocycles. The van der Waals surface area contributed by atoms with Crippen LogP contribution < -0.4 is 24.8 Å². The quantitative estimate of drug-likeness (QED) is 0.647. The fourth-order valence-electron chi connectivity index (χ4n) is 2.51. The number of hydrogen-bond acceptors (Lipinski definition) is 8. The highest BCUT2D eigenvalue weighted by atomic mass is 32.2. The van der Waals surface area contributed by atoms with Gasteiger partial charge in [-0.3, -0.25) is 10.6 Å². The average molecular weight is 413 g/mol. The summed E-state index contributed by atoms with van der Waals surface area (Å²) in [6.07, 6.45) is -4.92. The minimum Gasteiger partial charge on any atom is -0.481 e. The van der Waals surface area contributed by atoms with Gasteiger partial charge in [-0.2, -0.15) is 23.1 Å². The van der Waals surface area contributed by atoms with E-state index in [-0.39, 0.29) is 37.1 Å². The Morgan fingerprint density at radius 2 is 1.85 bits per heavy atom. The molecule has 3 N–H and O–H groups in total. The first-order valence-electron chi connectivity index (χ1n) is 7.66. The van der Waals surface area contributed by atoms with Crippen LogP contribution in [0.25, 0.3) is 0 Å². The lowest BCUT2D eigenvalue weighted by Crippen LogP contribution is -2.56. The molecule has 0 radical (unpaired) electrons. The maximum atomic E-state index is 13.1. The molecule has 2 unspecified atom stereocenters. The number of nitrogens with one attached hydrogen (secondary N) is 3. The molecular formula is C13H18F3N5O5S. The number of anilines is 1. The number of carbonyl (C=O) groups is 1. The van der Waals surface area contributed by atoms with Crippen molar-refractivity contribution >= 4 is 22.0 Å². The van der Waals surface area contributed by atoms with Crippen molar-refractivity contribution in [1.82, 2.24) is 20.0 Å². The van der Waals surface area contributed by atoms with Crippen LogP contribution in [0.15, 0.2) is 6.07 Å². The van der Waals surface area contributed by atoms with Gasteiger partial charge in [0.1, 0.15) is 5.37 Å². The zero-order valence-corrected chi connectivity index (χ0v) is 15.1. The molecule has 1 aromatic rings. The van der Waals surface area contributed by atoms with E-state index >= 15 is 0 Å². The van der Waals surface area contributed by atoms with E-state index in [1.165, 1.54) is 20.3 Å². The maximum absolute atomic E-state index is 13.1. The molecule has 0 spiro atoms. The summed E-state index contributed by atoms with van der Waals surface area (Å²) in [5.74, 6) is -2.45. The van der Waals surface area contributed by atoms with Crippen molar-refractivity contribution in [3.05, 3.63) is 6.07 Å². The standard InChI is InChI=1S/C13H18F3N5O5S/c1-25-8-6-9(26-2)19-11(18-8)20-12(22)21-27(23,24)10-7(13(14,15)16)4-3-5-17-10/h6-7,10,17H,3-5H2,1-2H3,(H2,18,19,20,21,22). The molecule has 0 bridgehead atoms. The molecule has 152 valence electrons. The largest absolute Gasteiger partial charge is 0.481 e. The predicted octanol–water partition coefficient (Wildman–Crippen LogP) is 0.833. The van der Waals surface area contributed by atoms with Gasteiger partial charge in [-0.1, -0.05) is 0 Å². The number of alkyl halides is 3. The summed E-state index contributed by atoms with van der Waals surface area (Å²) in [5, 5.41) is 2.33. The second-order valence-corrected chi connectivity index (χ2v) is 7.34. The Balaban J connectivity index is 2.14. The lowest BCUT2D eigenvalue weighted by molar-refractivity contribution is -0.181. The summed E-state index contributed by atoms with van der Waals surface area (Å²) in [6, 6.07) is -0.0155. The molecule has 0 aromatic carbocycles. The highest BCUT2D eigenvalue weighted by molar-refractivity contribution is 7.90. The van der Waals surface area contributed by atoms with Crippen LogP contribution in [-0.4, -0.2) is 56.7 Å². The molecule has 27 heavy (non-hydrogen) atoms. The van der Waals surface area contributed by atoms with Crippen LogP contribution in [0.2, 0.25) is 0 Å². The first-order valence-corrected chi connectivity index (χ1v) is 9.21. The van der Waals surface area contributed by atoms with E-state index in [0.29, 0.717) is 0 Å². The predicted molar refractivity (Wildman–Crippen MR) is 86.8 cm³/mol. The van der Waals surface area contributed by atoms with E-state index < -0.39 is 33.5 Å². The van der Waals surface area contributed by atoms with Crippen molar-refractivity contribution in [3.8, 4) is 11.8 Å². The number of amides is 2. The molecule has 1 aromatic heterocycles. The Bertz CT molecular complexity index is 767. The van der Waals surface area contributed by atoms with E-state index in [0.717, 1.165) is 0 Å². The Morgan fingerprint density at radius 1 is 1.26 bits per heavy atom. The molecule has 2 amide bonds. The summed E-state index contributed by atoms with van der Waals surface area (Å²) < 4.78 is 75.1. The number of sulfonamides is 1. The summed E-state index contributed by atoms with van der Waals surface area (Å²) >= 11 is 0. The van der Waals surface area contributed by atoms with E-state index in [4.69, 9.17) is 9.47 Å². The topological polar surface area (TPSA) is 132 Å². The van der Waals surface area contributed by atoms with Crippen molar-refractivity contribution in [2.45, 2.75) is 24.4 Å². The molecule has 0 saturated carbocycles. The second-order valence-electron chi connectivity index (χ2n) is 5.54. The molecule has 1 aliphatic rings. The molecule has 1 aliphatic heterocycles. The monoisotopic (exact) mass is 413 g/mol. The third-order valence-corrected chi connectivity index (χ3v) is 5.35. The highest BCUT2D eigenvalue weighted by Gasteiger charge is 2.51. The SMILES string of the molecule is COc1cc(OC)nc(NC(=O)NS(=O)(=O)C2NCCCC2C(F)(F)F)n1. The normalized spacial score (nSPS) is 20.6. The summed E-state index contributed by atoms with van der Waals surface area (Å²) in [5.41, 5.74) is 0. The smallest absolute Gasteiger partial charge is 0.394 e. The van der Waals surface area contributed by atoms with E-state index in [1.807, 2.05) is 5.32 Å². The van der Waals surface area contributed by atoms with Crippen molar-refractivity contribution in [2.24, 2.45) is 5.92 Å². The van der Waals surface area contributed by atoms with Crippen LogP contribution in [0.3, 0.4) is 0 Å². The number of methoxy groups -OCH3 is 2. The second kappa shape index (κ2) is 8.12.